The highest BCUT2D eigenvalue weighted by Gasteiger charge is 2.21. The first kappa shape index (κ1) is 21.6. The molecule has 5 heteroatoms. The zero-order valence-electron chi connectivity index (χ0n) is 19.2. The molecule has 31 heavy (non-hydrogen) atoms. The summed E-state index contributed by atoms with van der Waals surface area (Å²) in [6, 6.07) is 11.2. The fourth-order valence-corrected chi connectivity index (χ4v) is 4.45. The summed E-state index contributed by atoms with van der Waals surface area (Å²) in [4.78, 5) is 0. The number of nitrogens with zero attached hydrogens (tertiary/aromatic N) is 3. The van der Waals surface area contributed by atoms with Crippen LogP contribution in [0.4, 0.5) is 4.39 Å². The first-order valence-electron chi connectivity index (χ1n) is 11.4. The number of halogens is 1. The summed E-state index contributed by atoms with van der Waals surface area (Å²) >= 11 is 0. The van der Waals surface area contributed by atoms with Crippen molar-refractivity contribution in [2.45, 2.75) is 66.0 Å². The van der Waals surface area contributed by atoms with Gasteiger partial charge in [0, 0.05) is 35.0 Å². The van der Waals surface area contributed by atoms with E-state index < -0.39 is 0 Å². The molecule has 0 radical (unpaired) electrons. The molecule has 4 aromatic rings. The van der Waals surface area contributed by atoms with Crippen molar-refractivity contribution in [1.29, 1.82) is 0 Å². The number of rotatable bonds is 3. The molecule has 0 spiro atoms. The summed E-state index contributed by atoms with van der Waals surface area (Å²) in [6.45, 7) is 11.3. The van der Waals surface area contributed by atoms with Crippen LogP contribution in [0.5, 0.6) is 0 Å². The van der Waals surface area contributed by atoms with E-state index in [9.17, 15) is 4.39 Å². The van der Waals surface area contributed by atoms with E-state index >= 15 is 0 Å². The van der Waals surface area contributed by atoms with E-state index in [-0.39, 0.29) is 12.0 Å². The molecule has 164 valence electrons. The Labute approximate surface area is 183 Å². The number of fused-ring (bicyclic) bond motifs is 2. The van der Waals surface area contributed by atoms with Gasteiger partial charge in [0.25, 0.3) is 0 Å². The van der Waals surface area contributed by atoms with Gasteiger partial charge in [0.05, 0.1) is 11.0 Å². The molecule has 0 N–H and O–H groups in total. The quantitative estimate of drug-likeness (QED) is 0.348. The Balaban J connectivity index is 0.00000112. The van der Waals surface area contributed by atoms with Crippen molar-refractivity contribution in [3.05, 3.63) is 59.7 Å². The summed E-state index contributed by atoms with van der Waals surface area (Å²) in [5.41, 5.74) is 5.53. The smallest absolute Gasteiger partial charge is 0.150 e. The Morgan fingerprint density at radius 3 is 2.48 bits per heavy atom. The second-order valence-corrected chi connectivity index (χ2v) is 8.34. The van der Waals surface area contributed by atoms with E-state index in [1.165, 1.54) is 35.2 Å². The van der Waals surface area contributed by atoms with Crippen molar-refractivity contribution in [1.82, 2.24) is 14.3 Å². The molecule has 0 saturated carbocycles. The largest absolute Gasteiger partial charge is 0.357 e. The van der Waals surface area contributed by atoms with Crippen LogP contribution >= 0.6 is 0 Å². The lowest BCUT2D eigenvalue weighted by Crippen LogP contribution is -2.18. The predicted molar refractivity (Wildman–Crippen MR) is 126 cm³/mol. The van der Waals surface area contributed by atoms with Gasteiger partial charge in [0.15, 0.2) is 0 Å². The van der Waals surface area contributed by atoms with Gasteiger partial charge in [-0.3, -0.25) is 0 Å². The van der Waals surface area contributed by atoms with Crippen molar-refractivity contribution in [3.8, 4) is 5.69 Å². The lowest BCUT2D eigenvalue weighted by atomic mass is 10.1. The second-order valence-electron chi connectivity index (χ2n) is 8.34. The maximum Gasteiger partial charge on any atom is 0.150 e. The molecule has 0 amide bonds. The van der Waals surface area contributed by atoms with Gasteiger partial charge in [-0.15, -0.1) is 0 Å². The van der Waals surface area contributed by atoms with E-state index in [2.05, 4.69) is 43.7 Å². The van der Waals surface area contributed by atoms with Crippen molar-refractivity contribution in [2.24, 2.45) is 0 Å². The topological polar surface area (TPSA) is 32.0 Å². The fraction of sp³-hybridized carbons (Fsp3) is 0.423. The molecule has 1 fully saturated rings. The summed E-state index contributed by atoms with van der Waals surface area (Å²) in [7, 11) is 0. The Morgan fingerprint density at radius 1 is 1.10 bits per heavy atom. The molecule has 1 unspecified atom stereocenters. The summed E-state index contributed by atoms with van der Waals surface area (Å²) in [6.07, 6.45) is 5.44. The number of hydrogen-bond donors (Lipinski definition) is 0. The maximum absolute atomic E-state index is 13.5. The molecule has 3 heterocycles. The van der Waals surface area contributed by atoms with Crippen molar-refractivity contribution >= 4 is 21.8 Å². The summed E-state index contributed by atoms with van der Waals surface area (Å²) in [5, 5.41) is 7.19. The number of hydrogen-bond acceptors (Lipinski definition) is 2. The molecular weight excluding hydrogens is 389 g/mol. The molecule has 1 aliphatic rings. The van der Waals surface area contributed by atoms with E-state index in [4.69, 9.17) is 9.84 Å². The Morgan fingerprint density at radius 2 is 1.84 bits per heavy atom. The number of aromatic nitrogens is 3. The first-order chi connectivity index (χ1) is 15.0. The summed E-state index contributed by atoms with van der Waals surface area (Å²) < 4.78 is 23.7. The maximum atomic E-state index is 13.5. The number of benzene rings is 2. The monoisotopic (exact) mass is 421 g/mol. The average Bonchev–Trinajstić information content (AvgIpc) is 3.39. The van der Waals surface area contributed by atoms with Gasteiger partial charge in [-0.1, -0.05) is 27.7 Å². The molecular formula is C26H32FN3O. The summed E-state index contributed by atoms with van der Waals surface area (Å²) in [5.74, 6) is 0.124. The Hall–Kier alpha value is -2.66. The average molecular weight is 422 g/mol. The predicted octanol–water partition coefficient (Wildman–Crippen LogP) is 7.28. The fourth-order valence-electron chi connectivity index (χ4n) is 4.45. The zero-order chi connectivity index (χ0) is 22.1. The van der Waals surface area contributed by atoms with Crippen LogP contribution in [0, 0.1) is 12.7 Å². The van der Waals surface area contributed by atoms with Crippen molar-refractivity contribution < 1.29 is 9.13 Å². The highest BCUT2D eigenvalue weighted by Crippen LogP contribution is 2.35. The zero-order valence-corrected chi connectivity index (χ0v) is 19.2. The lowest BCUT2D eigenvalue weighted by molar-refractivity contribution is -0.0390. The van der Waals surface area contributed by atoms with Gasteiger partial charge in [0.2, 0.25) is 0 Å². The number of ether oxygens (including phenoxy) is 1. The van der Waals surface area contributed by atoms with Crippen LogP contribution in [-0.2, 0) is 4.74 Å². The van der Waals surface area contributed by atoms with Gasteiger partial charge in [-0.25, -0.2) is 9.07 Å². The second kappa shape index (κ2) is 8.83. The lowest BCUT2D eigenvalue weighted by Gasteiger charge is -2.22. The molecule has 1 saturated heterocycles. The van der Waals surface area contributed by atoms with Crippen LogP contribution in [0.2, 0.25) is 0 Å². The third-order valence-electron chi connectivity index (χ3n) is 6.01. The number of aryl methyl sites for hydroxylation is 1. The van der Waals surface area contributed by atoms with Crippen molar-refractivity contribution in [3.63, 3.8) is 0 Å². The van der Waals surface area contributed by atoms with Gasteiger partial charge in [-0.2, -0.15) is 5.10 Å². The molecule has 1 atom stereocenters. The Kier molecular flexibility index (Phi) is 6.15. The van der Waals surface area contributed by atoms with Crippen LogP contribution in [-0.4, -0.2) is 21.0 Å². The standard InChI is InChI=1S/C24H26FN3O.C2H6/c1-15(2)21-13-20-16(3)24-17(14-27(26-24)23-6-4-5-11-29-23)12-22(20)28(21)19-9-7-18(25)8-10-19;1-2/h7-10,12-15,23H,4-6,11H2,1-3H3;1-2H3. The highest BCUT2D eigenvalue weighted by molar-refractivity contribution is 6.00. The Bertz CT molecular complexity index is 1180. The van der Waals surface area contributed by atoms with E-state index in [1.54, 1.807) is 0 Å². The minimum atomic E-state index is -0.219. The van der Waals surface area contributed by atoms with Crippen LogP contribution in [0.3, 0.4) is 0 Å². The molecule has 0 bridgehead atoms. The third-order valence-corrected chi connectivity index (χ3v) is 6.01. The van der Waals surface area contributed by atoms with Crippen LogP contribution in [0.25, 0.3) is 27.5 Å². The van der Waals surface area contributed by atoms with Crippen molar-refractivity contribution in [2.75, 3.05) is 6.61 Å². The molecule has 5 rings (SSSR count). The minimum absolute atomic E-state index is 0.0281. The molecule has 4 nitrogen and oxygen atoms in total. The van der Waals surface area contributed by atoms with Gasteiger partial charge in [0.1, 0.15) is 12.0 Å². The van der Waals surface area contributed by atoms with Gasteiger partial charge in [-0.05, 0) is 74.1 Å². The third kappa shape index (κ3) is 3.87. The van der Waals surface area contributed by atoms with Crippen LogP contribution in [0.15, 0.2) is 42.6 Å². The SMILES string of the molecule is CC.Cc1c2cc(C(C)C)n(-c3ccc(F)cc3)c2cc2cn(C3CCCCO3)nc12. The van der Waals surface area contributed by atoms with Crippen LogP contribution in [0.1, 0.15) is 70.4 Å². The van der Waals surface area contributed by atoms with E-state index in [0.29, 0.717) is 5.92 Å². The molecule has 2 aromatic carbocycles. The normalized spacial score (nSPS) is 16.7. The van der Waals surface area contributed by atoms with Gasteiger partial charge < -0.3 is 9.30 Å². The highest BCUT2D eigenvalue weighted by atomic mass is 19.1. The molecule has 2 aromatic heterocycles. The molecule has 0 aliphatic carbocycles. The minimum Gasteiger partial charge on any atom is -0.357 e. The van der Waals surface area contributed by atoms with E-state index in [1.807, 2.05) is 30.7 Å². The molecule has 1 aliphatic heterocycles. The van der Waals surface area contributed by atoms with E-state index in [0.717, 1.165) is 41.6 Å². The van der Waals surface area contributed by atoms with Gasteiger partial charge >= 0.3 is 0 Å². The van der Waals surface area contributed by atoms with Crippen LogP contribution < -0.4 is 0 Å². The first-order valence-corrected chi connectivity index (χ1v) is 11.4.